The van der Waals surface area contributed by atoms with Crippen molar-refractivity contribution in [3.63, 3.8) is 0 Å². The number of hydrogen-bond donors (Lipinski definition) is 0. The number of hydrogen-bond acceptors (Lipinski definition) is 3. The number of allylic oxidation sites excluding steroid dienone is 1. The summed E-state index contributed by atoms with van der Waals surface area (Å²) in [6.45, 7) is 3.66. The largest absolute Gasteiger partial charge is 0.337 e. The molecule has 4 rings (SSSR count). The maximum atomic E-state index is 14.5. The molecule has 0 atom stereocenters. The Bertz CT molecular complexity index is 1460. The smallest absolute Gasteiger partial charge is 0.320 e. The molecule has 0 N–H and O–H groups in total. The van der Waals surface area contributed by atoms with Crippen LogP contribution in [0.3, 0.4) is 0 Å². The van der Waals surface area contributed by atoms with Crippen molar-refractivity contribution < 1.29 is 8.78 Å². The Morgan fingerprint density at radius 3 is 2.52 bits per heavy atom. The van der Waals surface area contributed by atoms with E-state index in [1.807, 2.05) is 0 Å². The Morgan fingerprint density at radius 1 is 1.06 bits per heavy atom. The lowest BCUT2D eigenvalue weighted by Gasteiger charge is -2.12. The van der Waals surface area contributed by atoms with Crippen molar-refractivity contribution in [1.82, 2.24) is 18.7 Å². The van der Waals surface area contributed by atoms with Gasteiger partial charge in [-0.05, 0) is 29.8 Å². The van der Waals surface area contributed by atoms with Crippen molar-refractivity contribution in [3.8, 4) is 5.69 Å². The topological polar surface area (TPSA) is 61.8 Å². The van der Waals surface area contributed by atoms with Gasteiger partial charge in [0, 0.05) is 19.2 Å². The quantitative estimate of drug-likeness (QED) is 0.418. The second-order valence-corrected chi connectivity index (χ2v) is 7.53. The summed E-state index contributed by atoms with van der Waals surface area (Å²) in [5.41, 5.74) is -0.917. The van der Waals surface area contributed by atoms with Gasteiger partial charge in [-0.3, -0.25) is 9.36 Å². The summed E-state index contributed by atoms with van der Waals surface area (Å²) in [7, 11) is 0. The third kappa shape index (κ3) is 3.68. The fourth-order valence-electron chi connectivity index (χ4n) is 3.30. The third-order valence-corrected chi connectivity index (χ3v) is 5.44. The van der Waals surface area contributed by atoms with Gasteiger partial charge in [0.15, 0.2) is 11.2 Å². The van der Waals surface area contributed by atoms with Crippen LogP contribution in [-0.2, 0) is 13.1 Å². The van der Waals surface area contributed by atoms with Crippen LogP contribution in [0.4, 0.5) is 8.78 Å². The van der Waals surface area contributed by atoms with Crippen molar-refractivity contribution >= 4 is 34.4 Å². The number of benzene rings is 2. The average Bonchev–Trinajstić information content (AvgIpc) is 3.13. The number of fused-ring (bicyclic) bond motifs is 1. The highest BCUT2D eigenvalue weighted by Crippen LogP contribution is 2.24. The summed E-state index contributed by atoms with van der Waals surface area (Å²) >= 11 is 12.0. The molecule has 0 spiro atoms. The van der Waals surface area contributed by atoms with Gasteiger partial charge in [-0.1, -0.05) is 35.3 Å². The lowest BCUT2D eigenvalue weighted by molar-refractivity contribution is 0.573. The molecule has 2 aromatic heterocycles. The summed E-state index contributed by atoms with van der Waals surface area (Å²) in [5, 5.41) is 0.729. The fraction of sp³-hybridized carbons (Fsp3) is 0.0952. The van der Waals surface area contributed by atoms with Crippen molar-refractivity contribution in [1.29, 1.82) is 0 Å². The molecule has 2 aromatic carbocycles. The first-order chi connectivity index (χ1) is 14.8. The van der Waals surface area contributed by atoms with Gasteiger partial charge < -0.3 is 4.57 Å². The highest BCUT2D eigenvalue weighted by Gasteiger charge is 2.21. The molecule has 0 saturated heterocycles. The Kier molecular flexibility index (Phi) is 5.51. The van der Waals surface area contributed by atoms with Crippen LogP contribution in [0, 0.1) is 11.6 Å². The standard InChI is InChI=1S/C21H14Cl2F2N4O2/c1-2-7-28-20(30)18-19(29(21(28)31)17-6-4-13(24)9-16(17)25)26-11-27(18)10-12-3-5-14(22)15(23)8-12/h2-6,8-9,11H,1,7,10H2. The van der Waals surface area contributed by atoms with Crippen LogP contribution in [0.15, 0.2) is 65.0 Å². The molecule has 2 heterocycles. The monoisotopic (exact) mass is 462 g/mol. The fourth-order valence-corrected chi connectivity index (χ4v) is 3.62. The molecule has 0 amide bonds. The van der Waals surface area contributed by atoms with E-state index in [2.05, 4.69) is 11.6 Å². The van der Waals surface area contributed by atoms with Crippen molar-refractivity contribution in [3.05, 3.63) is 103 Å². The Labute approximate surface area is 184 Å². The molecule has 0 aliphatic heterocycles. The molecule has 158 valence electrons. The van der Waals surface area contributed by atoms with E-state index in [0.717, 1.165) is 26.8 Å². The first-order valence-corrected chi connectivity index (χ1v) is 9.78. The van der Waals surface area contributed by atoms with Gasteiger partial charge in [-0.15, -0.1) is 6.58 Å². The zero-order chi connectivity index (χ0) is 22.3. The SMILES string of the molecule is C=CCn1c(=O)c2c(ncn2Cc2ccc(Cl)c(Cl)c2)n(-c2ccc(F)cc2F)c1=O. The highest BCUT2D eigenvalue weighted by molar-refractivity contribution is 6.42. The van der Waals surface area contributed by atoms with Crippen LogP contribution in [-0.4, -0.2) is 18.7 Å². The van der Waals surface area contributed by atoms with Crippen LogP contribution >= 0.6 is 23.2 Å². The summed E-state index contributed by atoms with van der Waals surface area (Å²) in [6, 6.07) is 7.80. The van der Waals surface area contributed by atoms with Crippen molar-refractivity contribution in [2.24, 2.45) is 0 Å². The van der Waals surface area contributed by atoms with E-state index in [0.29, 0.717) is 16.1 Å². The molecular weight excluding hydrogens is 449 g/mol. The Morgan fingerprint density at radius 2 is 1.84 bits per heavy atom. The third-order valence-electron chi connectivity index (χ3n) is 4.70. The molecule has 0 aliphatic carbocycles. The maximum Gasteiger partial charge on any atom is 0.337 e. The molecule has 0 bridgehead atoms. The Hall–Kier alpha value is -3.23. The molecule has 10 heteroatoms. The lowest BCUT2D eigenvalue weighted by Crippen LogP contribution is -2.40. The molecule has 0 aliphatic rings. The van der Waals surface area contributed by atoms with E-state index < -0.39 is 22.9 Å². The molecule has 0 unspecified atom stereocenters. The van der Waals surface area contributed by atoms with Crippen LogP contribution in [0.25, 0.3) is 16.9 Å². The first kappa shape index (κ1) is 21.0. The number of nitrogens with zero attached hydrogens (tertiary/aromatic N) is 4. The number of rotatable bonds is 5. The summed E-state index contributed by atoms with van der Waals surface area (Å²) in [6.07, 6.45) is 2.74. The van der Waals surface area contributed by atoms with E-state index in [1.54, 1.807) is 18.2 Å². The molecule has 31 heavy (non-hydrogen) atoms. The average molecular weight is 463 g/mol. The van der Waals surface area contributed by atoms with Crippen LogP contribution in [0.1, 0.15) is 5.56 Å². The molecule has 0 fully saturated rings. The highest BCUT2D eigenvalue weighted by atomic mass is 35.5. The number of imidazole rings is 1. The molecule has 0 saturated carbocycles. The molecular formula is C21H14Cl2F2N4O2. The number of aromatic nitrogens is 4. The summed E-state index contributed by atoms with van der Waals surface area (Å²) < 4.78 is 31.3. The van der Waals surface area contributed by atoms with Gasteiger partial charge in [0.05, 0.1) is 22.1 Å². The van der Waals surface area contributed by atoms with E-state index in [9.17, 15) is 18.4 Å². The molecule has 4 aromatic rings. The summed E-state index contributed by atoms with van der Waals surface area (Å²) in [5.74, 6) is -1.76. The predicted octanol–water partition coefficient (Wildman–Crippen LogP) is 4.17. The van der Waals surface area contributed by atoms with E-state index in [1.165, 1.54) is 17.0 Å². The lowest BCUT2D eigenvalue weighted by atomic mass is 10.2. The van der Waals surface area contributed by atoms with Crippen molar-refractivity contribution in [2.75, 3.05) is 0 Å². The van der Waals surface area contributed by atoms with Crippen LogP contribution in [0.5, 0.6) is 0 Å². The number of halogens is 4. The van der Waals surface area contributed by atoms with Crippen LogP contribution < -0.4 is 11.2 Å². The van der Waals surface area contributed by atoms with E-state index in [-0.39, 0.29) is 29.9 Å². The first-order valence-electron chi connectivity index (χ1n) is 9.02. The Balaban J connectivity index is 2.00. The maximum absolute atomic E-state index is 14.5. The zero-order valence-electron chi connectivity index (χ0n) is 15.9. The zero-order valence-corrected chi connectivity index (χ0v) is 17.4. The van der Waals surface area contributed by atoms with Gasteiger partial charge in [0.2, 0.25) is 0 Å². The predicted molar refractivity (Wildman–Crippen MR) is 115 cm³/mol. The second-order valence-electron chi connectivity index (χ2n) is 6.71. The molecule has 6 nitrogen and oxygen atoms in total. The van der Waals surface area contributed by atoms with Crippen LogP contribution in [0.2, 0.25) is 10.0 Å². The minimum atomic E-state index is -0.966. The van der Waals surface area contributed by atoms with E-state index >= 15 is 0 Å². The van der Waals surface area contributed by atoms with Gasteiger partial charge in [0.25, 0.3) is 5.56 Å². The normalized spacial score (nSPS) is 11.2. The van der Waals surface area contributed by atoms with Gasteiger partial charge in [-0.2, -0.15) is 0 Å². The van der Waals surface area contributed by atoms with Gasteiger partial charge in [-0.25, -0.2) is 23.1 Å². The molecule has 0 radical (unpaired) electrons. The minimum absolute atomic E-state index is 0.0547. The summed E-state index contributed by atoms with van der Waals surface area (Å²) in [4.78, 5) is 30.3. The second kappa shape index (κ2) is 8.13. The van der Waals surface area contributed by atoms with Crippen molar-refractivity contribution in [2.45, 2.75) is 13.1 Å². The minimum Gasteiger partial charge on any atom is -0.320 e. The van der Waals surface area contributed by atoms with E-state index in [4.69, 9.17) is 23.2 Å². The van der Waals surface area contributed by atoms with Gasteiger partial charge in [0.1, 0.15) is 11.6 Å². The van der Waals surface area contributed by atoms with Gasteiger partial charge >= 0.3 is 5.69 Å².